The van der Waals surface area contributed by atoms with Crippen LogP contribution in [0.1, 0.15) is 36.8 Å². The predicted octanol–water partition coefficient (Wildman–Crippen LogP) is 2.49. The van der Waals surface area contributed by atoms with Crippen molar-refractivity contribution in [3.8, 4) is 0 Å². The van der Waals surface area contributed by atoms with E-state index in [0.717, 1.165) is 49.1 Å². The van der Waals surface area contributed by atoms with Crippen molar-refractivity contribution < 1.29 is 9.18 Å². The van der Waals surface area contributed by atoms with E-state index in [1.54, 1.807) is 12.1 Å². The minimum Gasteiger partial charge on any atom is -0.354 e. The predicted molar refractivity (Wildman–Crippen MR) is 108 cm³/mol. The Bertz CT molecular complexity index is 801. The minimum absolute atomic E-state index is 0.0160. The van der Waals surface area contributed by atoms with Gasteiger partial charge in [-0.3, -0.25) is 9.69 Å². The first-order valence-corrected chi connectivity index (χ1v) is 9.75. The van der Waals surface area contributed by atoms with Crippen molar-refractivity contribution >= 4 is 11.7 Å². The van der Waals surface area contributed by atoms with Gasteiger partial charge in [0, 0.05) is 50.4 Å². The highest BCUT2D eigenvalue weighted by atomic mass is 19.1. The molecule has 2 heterocycles. The quantitative estimate of drug-likeness (QED) is 0.828. The van der Waals surface area contributed by atoms with Crippen LogP contribution in [-0.2, 0) is 11.3 Å². The van der Waals surface area contributed by atoms with Crippen molar-refractivity contribution in [2.45, 2.75) is 33.2 Å². The number of piperazine rings is 1. The molecule has 1 fully saturated rings. The van der Waals surface area contributed by atoms with Crippen LogP contribution in [0, 0.1) is 12.7 Å². The molecule has 1 aromatic heterocycles. The summed E-state index contributed by atoms with van der Waals surface area (Å²) in [5, 5.41) is 2.90. The Morgan fingerprint density at radius 3 is 2.46 bits per heavy atom. The Hall–Kier alpha value is -2.54. The van der Waals surface area contributed by atoms with Gasteiger partial charge in [-0.05, 0) is 24.6 Å². The number of aryl methyl sites for hydroxylation is 1. The third-order valence-corrected chi connectivity index (χ3v) is 4.84. The zero-order chi connectivity index (χ0) is 20.1. The summed E-state index contributed by atoms with van der Waals surface area (Å²) >= 11 is 0. The van der Waals surface area contributed by atoms with E-state index in [1.807, 2.05) is 13.0 Å². The van der Waals surface area contributed by atoms with E-state index in [1.165, 1.54) is 12.1 Å². The van der Waals surface area contributed by atoms with Gasteiger partial charge in [0.1, 0.15) is 17.5 Å². The molecule has 0 radical (unpaired) electrons. The standard InChI is InChI=1S/C21H28FN5O/c1-15(2)21-24-16(3)12-19(25-21)27-10-8-26(9-11-27)14-20(28)23-13-17-4-6-18(22)7-5-17/h4-7,12,15H,8-11,13-14H2,1-3H3,(H,23,28). The highest BCUT2D eigenvalue weighted by molar-refractivity contribution is 5.78. The number of nitrogens with zero attached hydrogens (tertiary/aromatic N) is 4. The number of benzene rings is 1. The molecule has 150 valence electrons. The maximum absolute atomic E-state index is 12.9. The summed E-state index contributed by atoms with van der Waals surface area (Å²) in [6.07, 6.45) is 0. The largest absolute Gasteiger partial charge is 0.354 e. The zero-order valence-electron chi connectivity index (χ0n) is 16.8. The monoisotopic (exact) mass is 385 g/mol. The van der Waals surface area contributed by atoms with E-state index < -0.39 is 0 Å². The van der Waals surface area contributed by atoms with E-state index in [2.05, 4.69) is 33.9 Å². The van der Waals surface area contributed by atoms with Crippen LogP contribution in [0.5, 0.6) is 0 Å². The lowest BCUT2D eigenvalue weighted by Crippen LogP contribution is -2.49. The van der Waals surface area contributed by atoms with E-state index in [9.17, 15) is 9.18 Å². The lowest BCUT2D eigenvalue weighted by atomic mass is 10.2. The molecule has 1 N–H and O–H groups in total. The molecule has 1 saturated heterocycles. The van der Waals surface area contributed by atoms with E-state index in [-0.39, 0.29) is 11.7 Å². The van der Waals surface area contributed by atoms with Gasteiger partial charge in [0.05, 0.1) is 6.54 Å². The van der Waals surface area contributed by atoms with Crippen LogP contribution in [0.15, 0.2) is 30.3 Å². The highest BCUT2D eigenvalue weighted by Gasteiger charge is 2.21. The van der Waals surface area contributed by atoms with Crippen LogP contribution in [-0.4, -0.2) is 53.5 Å². The molecule has 0 aliphatic carbocycles. The average molecular weight is 385 g/mol. The molecule has 1 aliphatic heterocycles. The molecule has 3 rings (SSSR count). The Morgan fingerprint density at radius 2 is 1.82 bits per heavy atom. The number of carbonyl (C=O) groups is 1. The van der Waals surface area contributed by atoms with Gasteiger partial charge in [-0.25, -0.2) is 14.4 Å². The van der Waals surface area contributed by atoms with E-state index in [4.69, 9.17) is 4.98 Å². The van der Waals surface area contributed by atoms with Crippen molar-refractivity contribution in [1.82, 2.24) is 20.2 Å². The molecule has 0 bridgehead atoms. The van der Waals surface area contributed by atoms with Crippen LogP contribution >= 0.6 is 0 Å². The van der Waals surface area contributed by atoms with Gasteiger partial charge < -0.3 is 10.2 Å². The third kappa shape index (κ3) is 5.48. The second-order valence-electron chi connectivity index (χ2n) is 7.55. The Labute approximate surface area is 165 Å². The van der Waals surface area contributed by atoms with Crippen molar-refractivity contribution in [3.63, 3.8) is 0 Å². The van der Waals surface area contributed by atoms with Crippen molar-refractivity contribution in [2.24, 2.45) is 0 Å². The van der Waals surface area contributed by atoms with Gasteiger partial charge in [-0.1, -0.05) is 26.0 Å². The van der Waals surface area contributed by atoms with Gasteiger partial charge >= 0.3 is 0 Å². The van der Waals surface area contributed by atoms with E-state index in [0.29, 0.717) is 19.0 Å². The van der Waals surface area contributed by atoms with Gasteiger partial charge in [-0.15, -0.1) is 0 Å². The second kappa shape index (κ2) is 9.10. The van der Waals surface area contributed by atoms with Crippen LogP contribution in [0.4, 0.5) is 10.2 Å². The number of rotatable bonds is 6. The third-order valence-electron chi connectivity index (χ3n) is 4.84. The van der Waals surface area contributed by atoms with Crippen molar-refractivity contribution in [3.05, 3.63) is 53.2 Å². The molecule has 0 saturated carbocycles. The minimum atomic E-state index is -0.271. The topological polar surface area (TPSA) is 61.4 Å². The summed E-state index contributed by atoms with van der Waals surface area (Å²) in [6.45, 7) is 10.3. The number of hydrogen-bond acceptors (Lipinski definition) is 5. The average Bonchev–Trinajstić information content (AvgIpc) is 2.67. The summed E-state index contributed by atoms with van der Waals surface area (Å²) < 4.78 is 12.9. The molecular formula is C21H28FN5O. The summed E-state index contributed by atoms with van der Waals surface area (Å²) in [4.78, 5) is 25.8. The van der Waals surface area contributed by atoms with Crippen LogP contribution < -0.4 is 10.2 Å². The van der Waals surface area contributed by atoms with Crippen LogP contribution in [0.2, 0.25) is 0 Å². The Balaban J connectivity index is 1.47. The van der Waals surface area contributed by atoms with Crippen molar-refractivity contribution in [1.29, 1.82) is 0 Å². The van der Waals surface area contributed by atoms with Gasteiger partial charge in [0.25, 0.3) is 0 Å². The smallest absolute Gasteiger partial charge is 0.234 e. The second-order valence-corrected chi connectivity index (χ2v) is 7.55. The number of anilines is 1. The first-order valence-electron chi connectivity index (χ1n) is 9.75. The number of amides is 1. The summed E-state index contributed by atoms with van der Waals surface area (Å²) in [6, 6.07) is 8.20. The molecule has 0 spiro atoms. The normalized spacial score (nSPS) is 15.1. The van der Waals surface area contributed by atoms with Crippen molar-refractivity contribution in [2.75, 3.05) is 37.6 Å². The molecule has 7 heteroatoms. The fourth-order valence-electron chi connectivity index (χ4n) is 3.19. The molecule has 0 unspecified atom stereocenters. The first-order chi connectivity index (χ1) is 13.4. The fraction of sp³-hybridized carbons (Fsp3) is 0.476. The van der Waals surface area contributed by atoms with Gasteiger partial charge in [0.2, 0.25) is 5.91 Å². The molecule has 28 heavy (non-hydrogen) atoms. The summed E-state index contributed by atoms with van der Waals surface area (Å²) in [7, 11) is 0. The molecule has 6 nitrogen and oxygen atoms in total. The molecular weight excluding hydrogens is 357 g/mol. The lowest BCUT2D eigenvalue weighted by molar-refractivity contribution is -0.122. The molecule has 1 aromatic carbocycles. The Kier molecular flexibility index (Phi) is 6.57. The number of hydrogen-bond donors (Lipinski definition) is 1. The highest BCUT2D eigenvalue weighted by Crippen LogP contribution is 2.18. The Morgan fingerprint density at radius 1 is 1.14 bits per heavy atom. The molecule has 1 amide bonds. The van der Waals surface area contributed by atoms with Crippen LogP contribution in [0.3, 0.4) is 0 Å². The molecule has 0 atom stereocenters. The number of carbonyl (C=O) groups excluding carboxylic acids is 1. The number of nitrogens with one attached hydrogen (secondary N) is 1. The maximum Gasteiger partial charge on any atom is 0.234 e. The van der Waals surface area contributed by atoms with Gasteiger partial charge in [0.15, 0.2) is 0 Å². The lowest BCUT2D eigenvalue weighted by Gasteiger charge is -2.35. The summed E-state index contributed by atoms with van der Waals surface area (Å²) in [5.74, 6) is 1.85. The molecule has 2 aromatic rings. The fourth-order valence-corrected chi connectivity index (χ4v) is 3.19. The number of halogens is 1. The summed E-state index contributed by atoms with van der Waals surface area (Å²) in [5.41, 5.74) is 1.87. The zero-order valence-corrected chi connectivity index (χ0v) is 16.8. The number of aromatic nitrogens is 2. The SMILES string of the molecule is Cc1cc(N2CCN(CC(=O)NCc3ccc(F)cc3)CC2)nc(C(C)C)n1. The molecule has 1 aliphatic rings. The maximum atomic E-state index is 12.9. The van der Waals surface area contributed by atoms with Crippen LogP contribution in [0.25, 0.3) is 0 Å². The van der Waals surface area contributed by atoms with E-state index >= 15 is 0 Å². The first kappa shape index (κ1) is 20.2. The van der Waals surface area contributed by atoms with Gasteiger partial charge in [-0.2, -0.15) is 0 Å².